The van der Waals surface area contributed by atoms with Gasteiger partial charge < -0.3 is 9.88 Å². The molecule has 0 spiro atoms. The Hall–Kier alpha value is -0.990. The Kier molecular flexibility index (Phi) is 3.75. The second kappa shape index (κ2) is 5.11. The van der Waals surface area contributed by atoms with Crippen molar-refractivity contribution in [3.63, 3.8) is 0 Å². The number of aryl methyl sites for hydroxylation is 1. The molecule has 1 unspecified atom stereocenters. The van der Waals surface area contributed by atoms with E-state index in [2.05, 4.69) is 48.8 Å². The molecule has 1 saturated carbocycles. The molecule has 2 rings (SSSR count). The van der Waals surface area contributed by atoms with E-state index in [0.717, 1.165) is 24.1 Å². The number of anilines is 1. The van der Waals surface area contributed by atoms with Crippen molar-refractivity contribution in [2.24, 2.45) is 11.8 Å². The Morgan fingerprint density at radius 2 is 2.12 bits per heavy atom. The van der Waals surface area contributed by atoms with Crippen molar-refractivity contribution >= 4 is 5.95 Å². The lowest BCUT2D eigenvalue weighted by molar-refractivity contribution is 0.224. The van der Waals surface area contributed by atoms with E-state index in [4.69, 9.17) is 0 Å². The summed E-state index contributed by atoms with van der Waals surface area (Å²) < 4.78 is 2.33. The normalized spacial score (nSPS) is 18.2. The topological polar surface area (TPSA) is 29.9 Å². The highest BCUT2D eigenvalue weighted by Crippen LogP contribution is 2.37. The highest BCUT2D eigenvalue weighted by atomic mass is 15.2. The highest BCUT2D eigenvalue weighted by molar-refractivity contribution is 5.29. The molecular weight excluding hydrogens is 210 g/mol. The molecule has 0 saturated heterocycles. The van der Waals surface area contributed by atoms with Gasteiger partial charge in [-0.3, -0.25) is 0 Å². The van der Waals surface area contributed by atoms with Crippen LogP contribution in [0.25, 0.3) is 0 Å². The molecule has 3 nitrogen and oxygen atoms in total. The first-order valence-corrected chi connectivity index (χ1v) is 6.87. The molecule has 17 heavy (non-hydrogen) atoms. The predicted molar refractivity (Wildman–Crippen MR) is 72.3 cm³/mol. The molecule has 1 atom stereocenters. The first kappa shape index (κ1) is 12.5. The van der Waals surface area contributed by atoms with Gasteiger partial charge in [0, 0.05) is 18.8 Å². The maximum Gasteiger partial charge on any atom is 0.203 e. The zero-order chi connectivity index (χ0) is 12.4. The van der Waals surface area contributed by atoms with E-state index >= 15 is 0 Å². The summed E-state index contributed by atoms with van der Waals surface area (Å²) in [5.41, 5.74) is 1.11. The molecule has 1 N–H and O–H groups in total. The summed E-state index contributed by atoms with van der Waals surface area (Å²) in [7, 11) is 0. The number of rotatable bonds is 5. The van der Waals surface area contributed by atoms with E-state index in [0.29, 0.717) is 12.0 Å². The fourth-order valence-electron chi connectivity index (χ4n) is 2.40. The molecule has 1 heterocycles. The maximum absolute atomic E-state index is 4.60. The minimum Gasteiger partial charge on any atom is -0.355 e. The van der Waals surface area contributed by atoms with E-state index in [1.165, 1.54) is 19.3 Å². The van der Waals surface area contributed by atoms with Crippen LogP contribution in [0, 0.1) is 18.8 Å². The minimum absolute atomic E-state index is 0.583. The molecule has 0 aliphatic heterocycles. The van der Waals surface area contributed by atoms with Crippen molar-refractivity contribution in [1.82, 2.24) is 9.55 Å². The van der Waals surface area contributed by atoms with Crippen LogP contribution in [0.15, 0.2) is 6.20 Å². The van der Waals surface area contributed by atoms with Gasteiger partial charge in [0.1, 0.15) is 0 Å². The molecule has 1 aromatic rings. The Balaban J connectivity index is 2.08. The van der Waals surface area contributed by atoms with Crippen molar-refractivity contribution in [2.45, 2.75) is 53.0 Å². The molecule has 0 aromatic carbocycles. The van der Waals surface area contributed by atoms with Gasteiger partial charge in [0.05, 0.1) is 5.69 Å². The van der Waals surface area contributed by atoms with E-state index in [9.17, 15) is 0 Å². The van der Waals surface area contributed by atoms with Crippen LogP contribution in [0.5, 0.6) is 0 Å². The molecule has 3 heteroatoms. The number of hydrogen-bond donors (Lipinski definition) is 1. The smallest absolute Gasteiger partial charge is 0.203 e. The van der Waals surface area contributed by atoms with Crippen LogP contribution in [0.1, 0.15) is 51.8 Å². The lowest BCUT2D eigenvalue weighted by atomic mass is 9.80. The van der Waals surface area contributed by atoms with Gasteiger partial charge in [-0.25, -0.2) is 4.98 Å². The van der Waals surface area contributed by atoms with E-state index in [1.807, 2.05) is 0 Å². The van der Waals surface area contributed by atoms with E-state index < -0.39 is 0 Å². The van der Waals surface area contributed by atoms with Crippen LogP contribution in [-0.2, 0) is 0 Å². The van der Waals surface area contributed by atoms with Crippen molar-refractivity contribution in [2.75, 3.05) is 11.9 Å². The van der Waals surface area contributed by atoms with Gasteiger partial charge in [-0.15, -0.1) is 0 Å². The lowest BCUT2D eigenvalue weighted by Gasteiger charge is -2.33. The van der Waals surface area contributed by atoms with Gasteiger partial charge in [-0.1, -0.05) is 20.3 Å². The van der Waals surface area contributed by atoms with Crippen LogP contribution >= 0.6 is 0 Å². The minimum atomic E-state index is 0.583. The molecular formula is C14H25N3. The van der Waals surface area contributed by atoms with Crippen LogP contribution in [0.2, 0.25) is 0 Å². The first-order valence-electron chi connectivity index (χ1n) is 6.87. The van der Waals surface area contributed by atoms with Crippen molar-refractivity contribution in [3.05, 3.63) is 11.9 Å². The highest BCUT2D eigenvalue weighted by Gasteiger charge is 2.26. The molecule has 0 amide bonds. The summed E-state index contributed by atoms with van der Waals surface area (Å²) >= 11 is 0. The van der Waals surface area contributed by atoms with Crippen molar-refractivity contribution < 1.29 is 0 Å². The maximum atomic E-state index is 4.60. The quantitative estimate of drug-likeness (QED) is 0.844. The Morgan fingerprint density at radius 1 is 1.41 bits per heavy atom. The number of nitrogens with zero attached hydrogens (tertiary/aromatic N) is 2. The molecule has 1 aliphatic carbocycles. The number of nitrogens with one attached hydrogen (secondary N) is 1. The Labute approximate surface area is 105 Å². The van der Waals surface area contributed by atoms with Gasteiger partial charge in [-0.05, 0) is 38.5 Å². The van der Waals surface area contributed by atoms with Gasteiger partial charge in [0.2, 0.25) is 5.95 Å². The molecule has 1 aliphatic rings. The number of hydrogen-bond acceptors (Lipinski definition) is 2. The van der Waals surface area contributed by atoms with Gasteiger partial charge in [-0.2, -0.15) is 0 Å². The summed E-state index contributed by atoms with van der Waals surface area (Å²) in [4.78, 5) is 4.60. The van der Waals surface area contributed by atoms with E-state index in [-0.39, 0.29) is 0 Å². The Bertz CT molecular complexity index is 364. The largest absolute Gasteiger partial charge is 0.355 e. The molecule has 1 fully saturated rings. The summed E-state index contributed by atoms with van der Waals surface area (Å²) in [5.74, 6) is 2.55. The summed E-state index contributed by atoms with van der Waals surface area (Å²) in [6.45, 7) is 9.84. The third-order valence-corrected chi connectivity index (χ3v) is 3.79. The van der Waals surface area contributed by atoms with Crippen molar-refractivity contribution in [3.8, 4) is 0 Å². The van der Waals surface area contributed by atoms with Gasteiger partial charge in [0.25, 0.3) is 0 Å². The standard InChI is InChI=1S/C14H25N3/c1-10(2)8-15-14-16-11(3)9-17(14)12(4)13-6-5-7-13/h9-10,12-13H,5-8H2,1-4H3,(H,15,16). The number of imidazole rings is 1. The van der Waals surface area contributed by atoms with Crippen LogP contribution < -0.4 is 5.32 Å². The average molecular weight is 235 g/mol. The second-order valence-corrected chi connectivity index (χ2v) is 5.82. The first-order chi connectivity index (χ1) is 8.08. The van der Waals surface area contributed by atoms with Gasteiger partial charge >= 0.3 is 0 Å². The van der Waals surface area contributed by atoms with Crippen molar-refractivity contribution in [1.29, 1.82) is 0 Å². The second-order valence-electron chi connectivity index (χ2n) is 5.82. The van der Waals surface area contributed by atoms with Gasteiger partial charge in [0.15, 0.2) is 0 Å². The third kappa shape index (κ3) is 2.82. The summed E-state index contributed by atoms with van der Waals surface area (Å²) in [6, 6.07) is 0.583. The average Bonchev–Trinajstić information content (AvgIpc) is 2.53. The number of aromatic nitrogens is 2. The molecule has 96 valence electrons. The summed E-state index contributed by atoms with van der Waals surface area (Å²) in [5, 5.41) is 3.47. The SMILES string of the molecule is Cc1cn(C(C)C2CCC2)c(NCC(C)C)n1. The van der Waals surface area contributed by atoms with E-state index in [1.54, 1.807) is 0 Å². The van der Waals surface area contributed by atoms with Crippen LogP contribution in [0.3, 0.4) is 0 Å². The molecule has 0 radical (unpaired) electrons. The van der Waals surface area contributed by atoms with Crippen LogP contribution in [-0.4, -0.2) is 16.1 Å². The zero-order valence-corrected chi connectivity index (χ0v) is 11.5. The molecule has 0 bridgehead atoms. The fourth-order valence-corrected chi connectivity index (χ4v) is 2.40. The fraction of sp³-hybridized carbons (Fsp3) is 0.786. The lowest BCUT2D eigenvalue weighted by Crippen LogP contribution is -2.24. The third-order valence-electron chi connectivity index (χ3n) is 3.79. The van der Waals surface area contributed by atoms with Crippen LogP contribution in [0.4, 0.5) is 5.95 Å². The predicted octanol–water partition coefficient (Wildman–Crippen LogP) is 3.62. The molecule has 1 aromatic heterocycles. The summed E-state index contributed by atoms with van der Waals surface area (Å²) in [6.07, 6.45) is 6.34. The monoisotopic (exact) mass is 235 g/mol. The zero-order valence-electron chi connectivity index (χ0n) is 11.5. The Morgan fingerprint density at radius 3 is 2.65 bits per heavy atom.